The van der Waals surface area contributed by atoms with E-state index in [1.54, 1.807) is 6.20 Å². The van der Waals surface area contributed by atoms with Gasteiger partial charge >= 0.3 is 0 Å². The molecule has 1 saturated heterocycles. The molecule has 5 aliphatic rings. The molecule has 3 fully saturated rings. The van der Waals surface area contributed by atoms with Crippen LogP contribution < -0.4 is 0 Å². The van der Waals surface area contributed by atoms with Gasteiger partial charge in [-0.3, -0.25) is 0 Å². The zero-order chi connectivity index (χ0) is 26.7. The molecule has 3 heterocycles. The quantitative estimate of drug-likeness (QED) is 0.424. The molecular weight excluding hydrogens is 498 g/mol. The molecule has 8 atom stereocenters. The van der Waals surface area contributed by atoms with Gasteiger partial charge in [0.2, 0.25) is 0 Å². The van der Waals surface area contributed by atoms with Crippen LogP contribution in [0, 0.1) is 28.1 Å². The molecule has 1 aromatic carbocycles. The molecule has 198 valence electrons. The summed E-state index contributed by atoms with van der Waals surface area (Å²) in [6.07, 6.45) is 8.77. The van der Waals surface area contributed by atoms with Gasteiger partial charge in [-0.25, -0.2) is 4.98 Å². The number of halogens is 1. The Morgan fingerprint density at radius 2 is 1.97 bits per heavy atom. The minimum absolute atomic E-state index is 0.143. The predicted molar refractivity (Wildman–Crippen MR) is 146 cm³/mol. The van der Waals surface area contributed by atoms with Crippen LogP contribution in [0.15, 0.2) is 48.2 Å². The van der Waals surface area contributed by atoms with Crippen LogP contribution in [-0.4, -0.2) is 63.6 Å². The van der Waals surface area contributed by atoms with E-state index in [0.29, 0.717) is 18.0 Å². The lowest BCUT2D eigenvalue weighted by Gasteiger charge is -2.61. The summed E-state index contributed by atoms with van der Waals surface area (Å²) in [6.45, 7) is 2.35. The summed E-state index contributed by atoms with van der Waals surface area (Å²) in [5, 5.41) is 35.5. The maximum Gasteiger partial charge on any atom is 0.136 e. The predicted octanol–water partition coefficient (Wildman–Crippen LogP) is 4.89. The van der Waals surface area contributed by atoms with Crippen LogP contribution >= 0.6 is 11.6 Å². The molecule has 2 spiro atoms. The maximum atomic E-state index is 11.3. The number of aliphatic hydroxyl groups excluding tert-OH is 2. The van der Waals surface area contributed by atoms with Gasteiger partial charge in [0.15, 0.2) is 0 Å². The smallest absolute Gasteiger partial charge is 0.136 e. The molecule has 38 heavy (non-hydrogen) atoms. The molecular formula is C31H34ClN3O3. The fourth-order valence-corrected chi connectivity index (χ4v) is 9.23. The zero-order valence-electron chi connectivity index (χ0n) is 22.1. The first-order valence-electron chi connectivity index (χ1n) is 13.7. The van der Waals surface area contributed by atoms with Gasteiger partial charge in [-0.05, 0) is 92.3 Å². The highest BCUT2D eigenvalue weighted by Gasteiger charge is 2.74. The SMILES string of the molecule is CN(C)C1CC23CCC4(O2)C2CC=C(c5ccc6c(Cl)nccc6c5)C2(C)CCC4(C#N)C=C3C(O)C1O. The molecule has 2 N–H and O–H groups in total. The van der Waals surface area contributed by atoms with Crippen molar-refractivity contribution in [3.8, 4) is 6.07 Å². The number of ether oxygens (including phenoxy) is 1. The highest BCUT2D eigenvalue weighted by molar-refractivity contribution is 6.34. The molecule has 2 bridgehead atoms. The third-order valence-electron chi connectivity index (χ3n) is 11.0. The first kappa shape index (κ1) is 24.7. The molecule has 1 aromatic heterocycles. The van der Waals surface area contributed by atoms with Gasteiger partial charge in [-0.2, -0.15) is 5.26 Å². The van der Waals surface area contributed by atoms with Crippen molar-refractivity contribution in [2.75, 3.05) is 14.1 Å². The van der Waals surface area contributed by atoms with Gasteiger partial charge < -0.3 is 19.8 Å². The number of hydrogen-bond acceptors (Lipinski definition) is 6. The van der Waals surface area contributed by atoms with E-state index >= 15 is 0 Å². The summed E-state index contributed by atoms with van der Waals surface area (Å²) in [5.41, 5.74) is 1.02. The topological polar surface area (TPSA) is 89.6 Å². The summed E-state index contributed by atoms with van der Waals surface area (Å²) in [4.78, 5) is 6.21. The second-order valence-corrected chi connectivity index (χ2v) is 13.1. The van der Waals surface area contributed by atoms with Crippen LogP contribution in [0.4, 0.5) is 0 Å². The number of nitriles is 1. The summed E-state index contributed by atoms with van der Waals surface area (Å²) < 4.78 is 7.28. The Bertz CT molecular complexity index is 1460. The Morgan fingerprint density at radius 3 is 2.74 bits per heavy atom. The second kappa shape index (κ2) is 7.90. The fourth-order valence-electron chi connectivity index (χ4n) is 9.00. The maximum absolute atomic E-state index is 11.3. The highest BCUT2D eigenvalue weighted by atomic mass is 35.5. The Labute approximate surface area is 228 Å². The van der Waals surface area contributed by atoms with Crippen LogP contribution in [0.1, 0.15) is 51.0 Å². The summed E-state index contributed by atoms with van der Waals surface area (Å²) in [5.74, 6) is 0.147. The third-order valence-corrected chi connectivity index (χ3v) is 11.3. The normalized spacial score (nSPS) is 43.2. The average Bonchev–Trinajstić information content (AvgIpc) is 3.43. The monoisotopic (exact) mass is 531 g/mol. The van der Waals surface area contributed by atoms with Crippen molar-refractivity contribution in [3.63, 3.8) is 0 Å². The molecule has 0 radical (unpaired) electrons. The molecule has 8 unspecified atom stereocenters. The third kappa shape index (κ3) is 2.89. The van der Waals surface area contributed by atoms with Crippen LogP contribution in [0.25, 0.3) is 16.3 Å². The van der Waals surface area contributed by atoms with Crippen molar-refractivity contribution in [2.45, 2.75) is 74.9 Å². The van der Waals surface area contributed by atoms with Crippen LogP contribution in [-0.2, 0) is 4.74 Å². The van der Waals surface area contributed by atoms with Gasteiger partial charge in [0.05, 0.1) is 23.4 Å². The molecule has 2 saturated carbocycles. The van der Waals surface area contributed by atoms with Crippen molar-refractivity contribution in [3.05, 3.63) is 58.9 Å². The Kier molecular flexibility index (Phi) is 5.14. The molecule has 2 aliphatic heterocycles. The lowest BCUT2D eigenvalue weighted by atomic mass is 9.49. The number of rotatable bonds is 2. The summed E-state index contributed by atoms with van der Waals surface area (Å²) in [7, 11) is 3.88. The van der Waals surface area contributed by atoms with Gasteiger partial charge in [0, 0.05) is 23.5 Å². The molecule has 0 amide bonds. The van der Waals surface area contributed by atoms with E-state index in [0.717, 1.165) is 42.0 Å². The fraction of sp³-hybridized carbons (Fsp3) is 0.548. The zero-order valence-corrected chi connectivity index (χ0v) is 22.9. The van der Waals surface area contributed by atoms with E-state index in [9.17, 15) is 15.5 Å². The van der Waals surface area contributed by atoms with Crippen molar-refractivity contribution in [2.24, 2.45) is 16.7 Å². The number of aromatic nitrogens is 1. The molecule has 2 aromatic rings. The number of aliphatic hydroxyl groups is 2. The number of likely N-dealkylation sites (N-methyl/N-ethyl adjacent to an activating group) is 1. The number of allylic oxidation sites excluding steroid dienone is 2. The van der Waals surface area contributed by atoms with Gasteiger partial charge in [-0.15, -0.1) is 0 Å². The number of fused-ring (bicyclic) bond motifs is 2. The number of benzene rings is 1. The Morgan fingerprint density at radius 1 is 1.16 bits per heavy atom. The minimum Gasteiger partial charge on any atom is -0.388 e. The molecule has 7 rings (SSSR count). The number of hydrogen-bond donors (Lipinski definition) is 2. The van der Waals surface area contributed by atoms with Crippen LogP contribution in [0.3, 0.4) is 0 Å². The van der Waals surface area contributed by atoms with E-state index in [1.165, 1.54) is 11.1 Å². The Balaban J connectivity index is 1.32. The van der Waals surface area contributed by atoms with Gasteiger partial charge in [-0.1, -0.05) is 42.8 Å². The average molecular weight is 532 g/mol. The first-order chi connectivity index (χ1) is 18.1. The lowest BCUT2D eigenvalue weighted by Crippen LogP contribution is -2.66. The molecule has 7 heteroatoms. The van der Waals surface area contributed by atoms with Crippen molar-refractivity contribution in [1.29, 1.82) is 5.26 Å². The Hall–Kier alpha value is -2.27. The molecule has 3 aliphatic carbocycles. The summed E-state index contributed by atoms with van der Waals surface area (Å²) in [6, 6.07) is 10.9. The van der Waals surface area contributed by atoms with E-state index in [4.69, 9.17) is 16.3 Å². The number of nitrogens with zero attached hydrogens (tertiary/aromatic N) is 3. The van der Waals surface area contributed by atoms with Gasteiger partial charge in [0.1, 0.15) is 16.7 Å². The van der Waals surface area contributed by atoms with E-state index < -0.39 is 28.8 Å². The largest absolute Gasteiger partial charge is 0.388 e. The minimum atomic E-state index is -1.03. The van der Waals surface area contributed by atoms with E-state index in [1.807, 2.05) is 31.1 Å². The summed E-state index contributed by atoms with van der Waals surface area (Å²) >= 11 is 6.35. The van der Waals surface area contributed by atoms with Crippen molar-refractivity contribution in [1.82, 2.24) is 9.88 Å². The number of pyridine rings is 1. The first-order valence-corrected chi connectivity index (χ1v) is 14.1. The van der Waals surface area contributed by atoms with Gasteiger partial charge in [0.25, 0.3) is 0 Å². The standard InChI is InChI=1S/C31H34ClN3O3/c1-28-9-10-29(17-33)15-22-25(36)26(37)23(35(2)3)16-30(22)11-12-31(29,38-30)24(28)7-6-21(28)19-4-5-20-18(14-19)8-13-34-27(20)32/h4-6,8,13-15,23-26,36-37H,7,9-12,16H2,1-3H3. The van der Waals surface area contributed by atoms with Crippen LogP contribution in [0.5, 0.6) is 0 Å². The second-order valence-electron chi connectivity index (χ2n) is 12.7. The van der Waals surface area contributed by atoms with Crippen molar-refractivity contribution < 1.29 is 14.9 Å². The molecule has 6 nitrogen and oxygen atoms in total. The van der Waals surface area contributed by atoms with Crippen LogP contribution in [0.2, 0.25) is 5.15 Å². The van der Waals surface area contributed by atoms with Crippen molar-refractivity contribution >= 4 is 27.9 Å². The highest BCUT2D eigenvalue weighted by Crippen LogP contribution is 2.72. The van der Waals surface area contributed by atoms with E-state index in [2.05, 4.69) is 42.3 Å². The van der Waals surface area contributed by atoms with E-state index in [-0.39, 0.29) is 17.4 Å². The lowest BCUT2D eigenvalue weighted by molar-refractivity contribution is -0.223.